The zero-order valence-corrected chi connectivity index (χ0v) is 17.3. The molecule has 0 aliphatic rings. The Hall–Kier alpha value is -4.11. The molecule has 6 heteroatoms. The molecule has 0 spiro atoms. The number of rotatable bonds is 6. The first-order chi connectivity index (χ1) is 15.2. The van der Waals surface area contributed by atoms with Gasteiger partial charge in [0.15, 0.2) is 0 Å². The van der Waals surface area contributed by atoms with Gasteiger partial charge in [-0.3, -0.25) is 4.79 Å². The number of aromatic nitrogens is 4. The van der Waals surface area contributed by atoms with E-state index in [-0.39, 0.29) is 5.91 Å². The molecule has 0 aliphatic heterocycles. The van der Waals surface area contributed by atoms with E-state index >= 15 is 0 Å². The number of hydrogen-bond donors (Lipinski definition) is 1. The highest BCUT2D eigenvalue weighted by molar-refractivity contribution is 5.95. The minimum Gasteiger partial charge on any atom is -0.352 e. The first kappa shape index (κ1) is 20.2. The van der Waals surface area contributed by atoms with Gasteiger partial charge in [0, 0.05) is 49.0 Å². The summed E-state index contributed by atoms with van der Waals surface area (Å²) in [5.41, 5.74) is 4.27. The molecular weight excluding hydrogens is 386 g/mol. The highest BCUT2D eigenvalue weighted by Gasteiger charge is 2.10. The van der Waals surface area contributed by atoms with Gasteiger partial charge in [-0.1, -0.05) is 29.5 Å². The van der Waals surface area contributed by atoms with Crippen molar-refractivity contribution in [2.24, 2.45) is 0 Å². The molecule has 0 unspecified atom stereocenters. The number of carbonyl (C=O) groups is 1. The Morgan fingerprint density at radius 3 is 2.68 bits per heavy atom. The van der Waals surface area contributed by atoms with Crippen molar-refractivity contribution in [3.63, 3.8) is 0 Å². The Labute approximate surface area is 181 Å². The number of nitrogens with one attached hydrogen (secondary N) is 1. The molecule has 0 bridgehead atoms. The fourth-order valence-electron chi connectivity index (χ4n) is 3.15. The van der Waals surface area contributed by atoms with Gasteiger partial charge in [0.1, 0.15) is 0 Å². The lowest BCUT2D eigenvalue weighted by Crippen LogP contribution is -2.25. The Balaban J connectivity index is 1.52. The van der Waals surface area contributed by atoms with Crippen LogP contribution in [0.5, 0.6) is 0 Å². The maximum absolute atomic E-state index is 12.7. The van der Waals surface area contributed by atoms with Crippen LogP contribution in [0.4, 0.5) is 0 Å². The number of hydrogen-bond acceptors (Lipinski definition) is 3. The third-order valence-electron chi connectivity index (χ3n) is 4.84. The molecule has 4 rings (SSSR count). The molecule has 0 saturated heterocycles. The molecule has 2 heterocycles. The Bertz CT molecular complexity index is 1200. The molecule has 0 radical (unpaired) electrons. The fraction of sp³-hybridized carbons (Fsp3) is 0.160. The zero-order chi connectivity index (χ0) is 21.5. The van der Waals surface area contributed by atoms with Crippen molar-refractivity contribution in [3.05, 3.63) is 102 Å². The van der Waals surface area contributed by atoms with Crippen LogP contribution in [-0.4, -0.2) is 31.8 Å². The van der Waals surface area contributed by atoms with Gasteiger partial charge >= 0.3 is 0 Å². The molecule has 0 aliphatic carbocycles. The van der Waals surface area contributed by atoms with E-state index in [4.69, 9.17) is 0 Å². The van der Waals surface area contributed by atoms with Gasteiger partial charge in [-0.15, -0.1) is 0 Å². The first-order valence-electron chi connectivity index (χ1n) is 10.2. The van der Waals surface area contributed by atoms with E-state index in [9.17, 15) is 4.79 Å². The Kier molecular flexibility index (Phi) is 6.24. The predicted octanol–water partition coefficient (Wildman–Crippen LogP) is 3.60. The van der Waals surface area contributed by atoms with Crippen molar-refractivity contribution in [3.8, 4) is 17.5 Å². The molecule has 1 N–H and O–H groups in total. The van der Waals surface area contributed by atoms with Gasteiger partial charge < -0.3 is 9.88 Å². The summed E-state index contributed by atoms with van der Waals surface area (Å²) in [7, 11) is 0. The van der Waals surface area contributed by atoms with Crippen molar-refractivity contribution < 1.29 is 4.79 Å². The van der Waals surface area contributed by atoms with Crippen LogP contribution in [0.3, 0.4) is 0 Å². The van der Waals surface area contributed by atoms with E-state index in [2.05, 4.69) is 27.2 Å². The summed E-state index contributed by atoms with van der Waals surface area (Å²) < 4.78 is 3.75. The summed E-state index contributed by atoms with van der Waals surface area (Å²) in [6, 6.07) is 15.4. The van der Waals surface area contributed by atoms with Gasteiger partial charge in [-0.2, -0.15) is 5.10 Å². The maximum atomic E-state index is 12.7. The molecule has 4 aromatic rings. The molecule has 2 aromatic carbocycles. The van der Waals surface area contributed by atoms with Crippen LogP contribution in [0.1, 0.15) is 33.5 Å². The molecule has 6 nitrogen and oxygen atoms in total. The number of carbonyl (C=O) groups excluding carboxylic acids is 1. The van der Waals surface area contributed by atoms with Crippen molar-refractivity contribution in [1.82, 2.24) is 24.6 Å². The van der Waals surface area contributed by atoms with E-state index in [1.54, 1.807) is 29.5 Å². The molecule has 1 amide bonds. The monoisotopic (exact) mass is 409 g/mol. The summed E-state index contributed by atoms with van der Waals surface area (Å²) in [6.45, 7) is 3.44. The smallest absolute Gasteiger partial charge is 0.251 e. The van der Waals surface area contributed by atoms with Crippen LogP contribution in [-0.2, 0) is 6.54 Å². The normalized spacial score (nSPS) is 10.4. The van der Waals surface area contributed by atoms with Crippen LogP contribution < -0.4 is 5.32 Å². The van der Waals surface area contributed by atoms with Crippen molar-refractivity contribution in [2.75, 3.05) is 6.54 Å². The number of amides is 1. The topological polar surface area (TPSA) is 64.7 Å². The van der Waals surface area contributed by atoms with E-state index in [1.165, 1.54) is 5.56 Å². The van der Waals surface area contributed by atoms with Gasteiger partial charge in [-0.05, 0) is 49.7 Å². The molecule has 0 fully saturated rings. The van der Waals surface area contributed by atoms with E-state index in [0.29, 0.717) is 12.1 Å². The second-order valence-corrected chi connectivity index (χ2v) is 7.21. The van der Waals surface area contributed by atoms with Gasteiger partial charge in [0.2, 0.25) is 0 Å². The number of nitrogens with zero attached hydrogens (tertiary/aromatic N) is 4. The highest BCUT2D eigenvalue weighted by Crippen LogP contribution is 2.16. The van der Waals surface area contributed by atoms with Crippen molar-refractivity contribution >= 4 is 5.91 Å². The minimum absolute atomic E-state index is 0.115. The lowest BCUT2D eigenvalue weighted by atomic mass is 10.1. The van der Waals surface area contributed by atoms with Crippen molar-refractivity contribution in [1.29, 1.82) is 0 Å². The largest absolute Gasteiger partial charge is 0.352 e. The van der Waals surface area contributed by atoms with Gasteiger partial charge in [0.05, 0.1) is 17.6 Å². The third-order valence-corrected chi connectivity index (χ3v) is 4.84. The van der Waals surface area contributed by atoms with E-state index in [1.807, 2.05) is 66.3 Å². The lowest BCUT2D eigenvalue weighted by molar-refractivity contribution is 0.0952. The summed E-state index contributed by atoms with van der Waals surface area (Å²) in [5, 5.41) is 7.29. The molecule has 0 atom stereocenters. The quantitative estimate of drug-likeness (QED) is 0.391. The molecule has 154 valence electrons. The molecule has 2 aromatic heterocycles. The average Bonchev–Trinajstić information content (AvgIpc) is 3.50. The predicted molar refractivity (Wildman–Crippen MR) is 120 cm³/mol. The number of benzene rings is 2. The van der Waals surface area contributed by atoms with E-state index < -0.39 is 0 Å². The summed E-state index contributed by atoms with van der Waals surface area (Å²) in [5.74, 6) is 6.30. The molecular formula is C25H23N5O. The Morgan fingerprint density at radius 2 is 1.94 bits per heavy atom. The zero-order valence-electron chi connectivity index (χ0n) is 17.3. The summed E-state index contributed by atoms with van der Waals surface area (Å²) in [6.07, 6.45) is 9.84. The van der Waals surface area contributed by atoms with E-state index in [0.717, 1.165) is 29.8 Å². The number of aryl methyl sites for hydroxylation is 2. The summed E-state index contributed by atoms with van der Waals surface area (Å²) >= 11 is 0. The standard InChI is InChI=1S/C25H23N5O/c1-20-4-6-21(7-5-20)8-9-22-18-23(10-11-24(22)30-16-3-13-28-30)25(31)27-12-2-15-29-17-14-26-19-29/h3-7,10-11,13-14,16-19H,2,12,15H2,1H3,(H,27,31). The first-order valence-corrected chi connectivity index (χ1v) is 10.2. The van der Waals surface area contributed by atoms with Crippen molar-refractivity contribution in [2.45, 2.75) is 19.9 Å². The number of imidazole rings is 1. The second-order valence-electron chi connectivity index (χ2n) is 7.21. The van der Waals surface area contributed by atoms with Crippen LogP contribution >= 0.6 is 0 Å². The van der Waals surface area contributed by atoms with Gasteiger partial charge in [0.25, 0.3) is 5.91 Å². The maximum Gasteiger partial charge on any atom is 0.251 e. The third kappa shape index (κ3) is 5.28. The molecule has 31 heavy (non-hydrogen) atoms. The lowest BCUT2D eigenvalue weighted by Gasteiger charge is -2.09. The SMILES string of the molecule is Cc1ccc(C#Cc2cc(C(=O)NCCCn3ccnc3)ccc2-n2cccn2)cc1. The minimum atomic E-state index is -0.115. The second kappa shape index (κ2) is 9.59. The summed E-state index contributed by atoms with van der Waals surface area (Å²) in [4.78, 5) is 16.7. The fourth-order valence-corrected chi connectivity index (χ4v) is 3.15. The van der Waals surface area contributed by atoms with Gasteiger partial charge in [-0.25, -0.2) is 9.67 Å². The molecule has 0 saturated carbocycles. The highest BCUT2D eigenvalue weighted by atomic mass is 16.1. The van der Waals surface area contributed by atoms with Crippen LogP contribution in [0.2, 0.25) is 0 Å². The van der Waals surface area contributed by atoms with Crippen LogP contribution in [0.25, 0.3) is 5.69 Å². The van der Waals surface area contributed by atoms with Crippen LogP contribution in [0.15, 0.2) is 79.6 Å². The Morgan fingerprint density at radius 1 is 1.06 bits per heavy atom. The average molecular weight is 409 g/mol. The van der Waals surface area contributed by atoms with Crippen LogP contribution in [0, 0.1) is 18.8 Å².